The van der Waals surface area contributed by atoms with E-state index in [1.165, 1.54) is 0 Å². The molecule has 0 aromatic carbocycles. The Hall–Kier alpha value is -1.32. The predicted octanol–water partition coefficient (Wildman–Crippen LogP) is 0.911. The van der Waals surface area contributed by atoms with Gasteiger partial charge in [0.25, 0.3) is 0 Å². The standard InChI is InChI=1S/C7H5F6NO3/c8-6(9,10)5(7(11,12)13)14-3(1-2-15)4(16)17-5/h2-3,14H,1H2/t3-/m0/s1. The fraction of sp³-hybridized carbons (Fsp3) is 0.714. The van der Waals surface area contributed by atoms with Crippen LogP contribution in [0.2, 0.25) is 0 Å². The van der Waals surface area contributed by atoms with Crippen LogP contribution in [0.1, 0.15) is 6.42 Å². The third-order valence-electron chi connectivity index (χ3n) is 2.05. The molecule has 0 aromatic rings. The molecule has 0 aromatic heterocycles. The summed E-state index contributed by atoms with van der Waals surface area (Å²) < 4.78 is 77.5. The Morgan fingerprint density at radius 1 is 1.24 bits per heavy atom. The van der Waals surface area contributed by atoms with Gasteiger partial charge in [-0.3, -0.25) is 10.1 Å². The number of ether oxygens (including phenoxy) is 1. The quantitative estimate of drug-likeness (QED) is 0.458. The molecule has 1 atom stereocenters. The minimum absolute atomic E-state index is 0.0156. The molecule has 0 bridgehead atoms. The molecule has 98 valence electrons. The Bertz CT molecular complexity index is 321. The van der Waals surface area contributed by atoms with Crippen molar-refractivity contribution in [2.45, 2.75) is 30.5 Å². The minimum atomic E-state index is -5.88. The third-order valence-corrected chi connectivity index (χ3v) is 2.05. The second-order valence-electron chi connectivity index (χ2n) is 3.20. The summed E-state index contributed by atoms with van der Waals surface area (Å²) in [6.45, 7) is 0. The summed E-state index contributed by atoms with van der Waals surface area (Å²) in [6.07, 6.45) is -12.6. The van der Waals surface area contributed by atoms with Crippen LogP contribution in [0.5, 0.6) is 0 Å². The number of carbonyl (C=O) groups excluding carboxylic acids is 2. The van der Waals surface area contributed by atoms with Crippen LogP contribution in [0.4, 0.5) is 26.3 Å². The van der Waals surface area contributed by atoms with Crippen molar-refractivity contribution in [1.29, 1.82) is 0 Å². The molecule has 0 radical (unpaired) electrons. The average Bonchev–Trinajstić information content (AvgIpc) is 2.43. The van der Waals surface area contributed by atoms with Crippen molar-refractivity contribution < 1.29 is 40.7 Å². The van der Waals surface area contributed by atoms with Crippen LogP contribution in [0.3, 0.4) is 0 Å². The van der Waals surface area contributed by atoms with Gasteiger partial charge in [-0.2, -0.15) is 26.3 Å². The minimum Gasteiger partial charge on any atom is -0.424 e. The molecule has 1 aliphatic rings. The summed E-state index contributed by atoms with van der Waals surface area (Å²) in [5, 5.41) is 0.982. The number of esters is 1. The number of carbonyl (C=O) groups is 2. The smallest absolute Gasteiger partial charge is 0.424 e. The Labute approximate surface area is 89.9 Å². The van der Waals surface area contributed by atoms with E-state index in [-0.39, 0.29) is 6.29 Å². The number of rotatable bonds is 2. The summed E-state index contributed by atoms with van der Waals surface area (Å²) in [5.74, 6) is -1.77. The maximum absolute atomic E-state index is 12.4. The van der Waals surface area contributed by atoms with E-state index in [1.54, 1.807) is 0 Å². The first-order valence-corrected chi connectivity index (χ1v) is 4.13. The first-order chi connectivity index (χ1) is 7.55. The lowest BCUT2D eigenvalue weighted by atomic mass is 10.1. The number of halogens is 6. The molecule has 0 unspecified atom stereocenters. The van der Waals surface area contributed by atoms with Gasteiger partial charge in [0.15, 0.2) is 0 Å². The zero-order valence-corrected chi connectivity index (χ0v) is 7.85. The number of nitrogens with one attached hydrogen (secondary N) is 1. The fourth-order valence-electron chi connectivity index (χ4n) is 1.25. The van der Waals surface area contributed by atoms with Crippen LogP contribution >= 0.6 is 0 Å². The van der Waals surface area contributed by atoms with Gasteiger partial charge in [-0.1, -0.05) is 0 Å². The molecule has 4 nitrogen and oxygen atoms in total. The normalized spacial score (nSPS) is 24.6. The van der Waals surface area contributed by atoms with E-state index in [0.717, 1.165) is 5.32 Å². The molecule has 1 fully saturated rings. The zero-order chi connectivity index (χ0) is 13.5. The van der Waals surface area contributed by atoms with Crippen LogP contribution in [0.25, 0.3) is 0 Å². The summed E-state index contributed by atoms with van der Waals surface area (Å²) in [7, 11) is 0. The van der Waals surface area contributed by atoms with Gasteiger partial charge >= 0.3 is 24.0 Å². The van der Waals surface area contributed by atoms with Crippen molar-refractivity contribution in [2.75, 3.05) is 0 Å². The highest BCUT2D eigenvalue weighted by molar-refractivity contribution is 5.81. The summed E-state index contributed by atoms with van der Waals surface area (Å²) >= 11 is 0. The lowest BCUT2D eigenvalue weighted by molar-refractivity contribution is -0.369. The SMILES string of the molecule is O=CC[C@@H]1NC(C(F)(F)F)(C(F)(F)F)OC1=O. The van der Waals surface area contributed by atoms with Gasteiger partial charge in [-0.05, 0) is 0 Å². The van der Waals surface area contributed by atoms with Crippen molar-refractivity contribution in [3.8, 4) is 0 Å². The second-order valence-corrected chi connectivity index (χ2v) is 3.20. The molecular formula is C7H5F6NO3. The van der Waals surface area contributed by atoms with E-state index in [1.807, 2.05) is 0 Å². The van der Waals surface area contributed by atoms with Crippen LogP contribution in [-0.2, 0) is 14.3 Å². The van der Waals surface area contributed by atoms with Crippen LogP contribution in [0, 0.1) is 0 Å². The molecule has 0 spiro atoms. The molecule has 1 saturated heterocycles. The topological polar surface area (TPSA) is 55.4 Å². The number of aldehydes is 1. The van der Waals surface area contributed by atoms with E-state index >= 15 is 0 Å². The van der Waals surface area contributed by atoms with Crippen molar-refractivity contribution in [1.82, 2.24) is 5.32 Å². The first kappa shape index (κ1) is 13.7. The van der Waals surface area contributed by atoms with Gasteiger partial charge in [0.1, 0.15) is 12.3 Å². The van der Waals surface area contributed by atoms with E-state index < -0.39 is 36.5 Å². The fourth-order valence-corrected chi connectivity index (χ4v) is 1.25. The molecule has 1 aliphatic heterocycles. The Morgan fingerprint density at radius 2 is 1.71 bits per heavy atom. The maximum Gasteiger partial charge on any atom is 0.452 e. The lowest BCUT2D eigenvalue weighted by Crippen LogP contribution is -2.65. The molecule has 1 heterocycles. The molecule has 1 N–H and O–H groups in total. The Kier molecular flexibility index (Phi) is 3.12. The monoisotopic (exact) mass is 265 g/mol. The number of alkyl halides is 6. The second kappa shape index (κ2) is 3.86. The highest BCUT2D eigenvalue weighted by Gasteiger charge is 2.78. The molecule has 17 heavy (non-hydrogen) atoms. The molecule has 0 aliphatic carbocycles. The van der Waals surface area contributed by atoms with Crippen molar-refractivity contribution in [2.24, 2.45) is 0 Å². The van der Waals surface area contributed by atoms with E-state index in [0.29, 0.717) is 0 Å². The highest BCUT2D eigenvalue weighted by atomic mass is 19.4. The number of cyclic esters (lactones) is 1. The third kappa shape index (κ3) is 2.08. The van der Waals surface area contributed by atoms with Gasteiger partial charge in [-0.15, -0.1) is 0 Å². The van der Waals surface area contributed by atoms with Gasteiger partial charge < -0.3 is 9.53 Å². The predicted molar refractivity (Wildman–Crippen MR) is 38.5 cm³/mol. The number of hydrogen-bond acceptors (Lipinski definition) is 4. The number of hydrogen-bond donors (Lipinski definition) is 1. The summed E-state index contributed by atoms with van der Waals surface area (Å²) in [4.78, 5) is 20.8. The molecule has 10 heteroatoms. The van der Waals surface area contributed by atoms with E-state index in [9.17, 15) is 35.9 Å². The zero-order valence-electron chi connectivity index (χ0n) is 7.85. The molecular weight excluding hydrogens is 260 g/mol. The maximum atomic E-state index is 12.4. The highest BCUT2D eigenvalue weighted by Crippen LogP contribution is 2.46. The van der Waals surface area contributed by atoms with Gasteiger partial charge in [-0.25, -0.2) is 0 Å². The Balaban J connectivity index is 3.14. The van der Waals surface area contributed by atoms with Crippen LogP contribution in [-0.4, -0.2) is 36.4 Å². The molecule has 1 rings (SSSR count). The molecule has 0 saturated carbocycles. The van der Waals surface area contributed by atoms with Crippen molar-refractivity contribution in [3.05, 3.63) is 0 Å². The average molecular weight is 265 g/mol. The Morgan fingerprint density at radius 3 is 2.00 bits per heavy atom. The molecule has 0 amide bonds. The van der Waals surface area contributed by atoms with Crippen molar-refractivity contribution in [3.63, 3.8) is 0 Å². The van der Waals surface area contributed by atoms with Gasteiger partial charge in [0.05, 0.1) is 0 Å². The summed E-state index contributed by atoms with van der Waals surface area (Å²) in [6, 6.07) is -1.96. The lowest BCUT2D eigenvalue weighted by Gasteiger charge is -2.31. The van der Waals surface area contributed by atoms with Crippen LogP contribution in [0.15, 0.2) is 0 Å². The van der Waals surface area contributed by atoms with Crippen molar-refractivity contribution >= 4 is 12.3 Å². The largest absolute Gasteiger partial charge is 0.452 e. The van der Waals surface area contributed by atoms with Gasteiger partial charge in [0, 0.05) is 6.42 Å². The van der Waals surface area contributed by atoms with E-state index in [4.69, 9.17) is 0 Å². The summed E-state index contributed by atoms with van der Waals surface area (Å²) in [5.41, 5.74) is -4.75. The first-order valence-electron chi connectivity index (χ1n) is 4.13. The van der Waals surface area contributed by atoms with Gasteiger partial charge in [0.2, 0.25) is 0 Å². The van der Waals surface area contributed by atoms with Crippen LogP contribution < -0.4 is 5.32 Å². The van der Waals surface area contributed by atoms with E-state index in [2.05, 4.69) is 4.74 Å².